The summed E-state index contributed by atoms with van der Waals surface area (Å²) in [4.78, 5) is 35.6. The van der Waals surface area contributed by atoms with E-state index in [9.17, 15) is 14.4 Å². The molecule has 0 fully saturated rings. The summed E-state index contributed by atoms with van der Waals surface area (Å²) in [5.41, 5.74) is 1.72. The fourth-order valence-electron chi connectivity index (χ4n) is 2.51. The average Bonchev–Trinajstić information content (AvgIpc) is 2.75. The monoisotopic (exact) mass is 439 g/mol. The molecule has 0 aromatic heterocycles. The molecule has 32 heavy (non-hydrogen) atoms. The minimum Gasteiger partial charge on any atom is -0.497 e. The van der Waals surface area contributed by atoms with Crippen molar-refractivity contribution in [1.29, 1.82) is 0 Å². The van der Waals surface area contributed by atoms with Crippen LogP contribution in [0.1, 0.15) is 31.9 Å². The van der Waals surface area contributed by atoms with Crippen LogP contribution in [0.3, 0.4) is 0 Å². The summed E-state index contributed by atoms with van der Waals surface area (Å²) in [5.74, 6) is 0.164. The van der Waals surface area contributed by atoms with Gasteiger partial charge >= 0.3 is 6.09 Å². The lowest BCUT2D eigenvalue weighted by Crippen LogP contribution is -2.37. The largest absolute Gasteiger partial charge is 0.497 e. The number of carbonyl (C=O) groups excluding carboxylic acids is 3. The van der Waals surface area contributed by atoms with E-state index in [2.05, 4.69) is 16.0 Å². The maximum Gasteiger partial charge on any atom is 0.408 e. The minimum atomic E-state index is -0.653. The number of carbonyl (C=O) groups is 3. The first kappa shape index (κ1) is 24.5. The van der Waals surface area contributed by atoms with Crippen molar-refractivity contribution in [2.45, 2.75) is 32.9 Å². The molecule has 0 bridgehead atoms. The van der Waals surface area contributed by atoms with Crippen LogP contribution in [-0.2, 0) is 20.9 Å². The average molecular weight is 440 g/mol. The number of ether oxygens (including phenoxy) is 2. The topological polar surface area (TPSA) is 106 Å². The third kappa shape index (κ3) is 9.34. The summed E-state index contributed by atoms with van der Waals surface area (Å²) in [5, 5.41) is 7.89. The Kier molecular flexibility index (Phi) is 8.83. The second kappa shape index (κ2) is 11.5. The Morgan fingerprint density at radius 3 is 2.19 bits per heavy atom. The standard InChI is InChI=1S/C24H29N3O5/c1-24(2,3)32-23(30)26-16-22(29)27-19-10-5-18(6-11-19)15-25-21(28)14-9-17-7-12-20(31-4)13-8-17/h5-14H,15-16H2,1-4H3,(H,25,28)(H,26,30)(H,27,29)/b14-9+. The Morgan fingerprint density at radius 2 is 1.59 bits per heavy atom. The van der Waals surface area contributed by atoms with Crippen LogP contribution in [0.5, 0.6) is 5.75 Å². The zero-order chi connectivity index (χ0) is 23.6. The highest BCUT2D eigenvalue weighted by Crippen LogP contribution is 2.12. The molecule has 0 atom stereocenters. The van der Waals surface area contributed by atoms with Crippen LogP contribution >= 0.6 is 0 Å². The van der Waals surface area contributed by atoms with Crippen molar-refractivity contribution in [3.8, 4) is 5.75 Å². The molecule has 3 amide bonds. The summed E-state index contributed by atoms with van der Waals surface area (Å²) in [7, 11) is 1.60. The van der Waals surface area contributed by atoms with E-state index >= 15 is 0 Å². The first-order valence-electron chi connectivity index (χ1n) is 10.1. The van der Waals surface area contributed by atoms with E-state index < -0.39 is 11.7 Å². The first-order chi connectivity index (χ1) is 15.1. The molecule has 0 radical (unpaired) electrons. The second-order valence-electron chi connectivity index (χ2n) is 7.92. The van der Waals surface area contributed by atoms with Gasteiger partial charge in [-0.3, -0.25) is 9.59 Å². The van der Waals surface area contributed by atoms with Gasteiger partial charge in [0.15, 0.2) is 0 Å². The van der Waals surface area contributed by atoms with Crippen LogP contribution in [0.15, 0.2) is 54.6 Å². The number of alkyl carbamates (subject to hydrolysis) is 1. The number of anilines is 1. The molecule has 3 N–H and O–H groups in total. The van der Waals surface area contributed by atoms with Gasteiger partial charge in [-0.1, -0.05) is 24.3 Å². The van der Waals surface area contributed by atoms with Crippen LogP contribution in [0, 0.1) is 0 Å². The minimum absolute atomic E-state index is 0.201. The number of rotatable bonds is 8. The second-order valence-corrected chi connectivity index (χ2v) is 7.92. The van der Waals surface area contributed by atoms with Crippen LogP contribution in [0.2, 0.25) is 0 Å². The number of amides is 3. The Morgan fingerprint density at radius 1 is 0.938 bits per heavy atom. The molecule has 2 rings (SSSR count). The first-order valence-corrected chi connectivity index (χ1v) is 10.1. The van der Waals surface area contributed by atoms with Crippen LogP contribution in [0.4, 0.5) is 10.5 Å². The number of benzene rings is 2. The van der Waals surface area contributed by atoms with Gasteiger partial charge in [0.2, 0.25) is 11.8 Å². The van der Waals surface area contributed by atoms with E-state index in [1.165, 1.54) is 6.08 Å². The lowest BCUT2D eigenvalue weighted by atomic mass is 10.2. The predicted octanol–water partition coefficient (Wildman–Crippen LogP) is 3.49. The highest BCUT2D eigenvalue weighted by atomic mass is 16.6. The van der Waals surface area contributed by atoms with Gasteiger partial charge in [0.05, 0.1) is 7.11 Å². The van der Waals surface area contributed by atoms with Crippen molar-refractivity contribution in [1.82, 2.24) is 10.6 Å². The predicted molar refractivity (Wildman–Crippen MR) is 123 cm³/mol. The van der Waals surface area contributed by atoms with E-state index in [1.54, 1.807) is 58.2 Å². The molecule has 8 nitrogen and oxygen atoms in total. The number of nitrogens with one attached hydrogen (secondary N) is 3. The van der Waals surface area contributed by atoms with Crippen molar-refractivity contribution in [2.75, 3.05) is 19.0 Å². The van der Waals surface area contributed by atoms with Gasteiger partial charge in [0.1, 0.15) is 17.9 Å². The Bertz CT molecular complexity index is 945. The third-order valence-corrected chi connectivity index (χ3v) is 4.04. The Labute approximate surface area is 188 Å². The molecular weight excluding hydrogens is 410 g/mol. The van der Waals surface area contributed by atoms with Crippen LogP contribution < -0.4 is 20.7 Å². The van der Waals surface area contributed by atoms with Gasteiger partial charge in [0.25, 0.3) is 0 Å². The molecule has 2 aromatic carbocycles. The highest BCUT2D eigenvalue weighted by Gasteiger charge is 2.16. The zero-order valence-corrected chi connectivity index (χ0v) is 18.7. The summed E-state index contributed by atoms with van der Waals surface area (Å²) < 4.78 is 10.2. The number of hydrogen-bond donors (Lipinski definition) is 3. The lowest BCUT2D eigenvalue weighted by Gasteiger charge is -2.19. The van der Waals surface area contributed by atoms with Crippen molar-refractivity contribution in [3.63, 3.8) is 0 Å². The van der Waals surface area contributed by atoms with Gasteiger partial charge in [-0.2, -0.15) is 0 Å². The molecular formula is C24H29N3O5. The third-order valence-electron chi connectivity index (χ3n) is 4.04. The van der Waals surface area contributed by atoms with Gasteiger partial charge in [-0.15, -0.1) is 0 Å². The Balaban J connectivity index is 1.74. The SMILES string of the molecule is COc1ccc(/C=C/C(=O)NCc2ccc(NC(=O)CNC(=O)OC(C)(C)C)cc2)cc1. The molecule has 0 spiro atoms. The summed E-state index contributed by atoms with van der Waals surface area (Å²) in [6, 6.07) is 14.4. The van der Waals surface area contributed by atoms with Crippen molar-refractivity contribution in [3.05, 3.63) is 65.7 Å². The van der Waals surface area contributed by atoms with E-state index in [4.69, 9.17) is 9.47 Å². The molecule has 8 heteroatoms. The summed E-state index contributed by atoms with van der Waals surface area (Å²) >= 11 is 0. The van der Waals surface area contributed by atoms with Crippen LogP contribution in [-0.4, -0.2) is 37.2 Å². The fourth-order valence-corrected chi connectivity index (χ4v) is 2.51. The summed E-state index contributed by atoms with van der Waals surface area (Å²) in [6.07, 6.45) is 2.53. The van der Waals surface area contributed by atoms with Crippen molar-refractivity contribution in [2.24, 2.45) is 0 Å². The van der Waals surface area contributed by atoms with E-state index in [1.807, 2.05) is 24.3 Å². The smallest absolute Gasteiger partial charge is 0.408 e. The molecule has 0 saturated carbocycles. The molecule has 2 aromatic rings. The quantitative estimate of drug-likeness (QED) is 0.546. The maximum atomic E-state index is 12.0. The number of methoxy groups -OCH3 is 1. The molecule has 0 aliphatic rings. The number of hydrogen-bond acceptors (Lipinski definition) is 5. The summed E-state index contributed by atoms with van der Waals surface area (Å²) in [6.45, 7) is 5.38. The molecule has 0 unspecified atom stereocenters. The molecule has 170 valence electrons. The van der Waals surface area contributed by atoms with E-state index in [0.717, 1.165) is 16.9 Å². The highest BCUT2D eigenvalue weighted by molar-refractivity contribution is 5.94. The lowest BCUT2D eigenvalue weighted by molar-refractivity contribution is -0.117. The molecule has 0 saturated heterocycles. The normalized spacial score (nSPS) is 11.0. The molecule has 0 aliphatic carbocycles. The van der Waals surface area contributed by atoms with Crippen molar-refractivity contribution >= 4 is 29.7 Å². The van der Waals surface area contributed by atoms with E-state index in [0.29, 0.717) is 12.2 Å². The van der Waals surface area contributed by atoms with Crippen LogP contribution in [0.25, 0.3) is 6.08 Å². The fraction of sp³-hybridized carbons (Fsp3) is 0.292. The van der Waals surface area contributed by atoms with Gasteiger partial charge in [-0.25, -0.2) is 4.79 Å². The van der Waals surface area contributed by atoms with E-state index in [-0.39, 0.29) is 18.4 Å². The molecule has 0 aliphatic heterocycles. The Hall–Kier alpha value is -3.81. The zero-order valence-electron chi connectivity index (χ0n) is 18.7. The van der Waals surface area contributed by atoms with Gasteiger partial charge < -0.3 is 25.4 Å². The van der Waals surface area contributed by atoms with Gasteiger partial charge in [0, 0.05) is 18.3 Å². The van der Waals surface area contributed by atoms with Gasteiger partial charge in [-0.05, 0) is 62.2 Å². The maximum absolute atomic E-state index is 12.0. The van der Waals surface area contributed by atoms with Crippen molar-refractivity contribution < 1.29 is 23.9 Å². The molecule has 0 heterocycles.